The molecule has 1 aromatic heterocycles. The first-order valence-electron chi connectivity index (χ1n) is 6.11. The van der Waals surface area contributed by atoms with E-state index in [1.165, 1.54) is 0 Å². The maximum absolute atomic E-state index is 11.5. The number of rotatable bonds is 4. The molecular weight excluding hydrogens is 252 g/mol. The SMILES string of the molecule is CCCC1CCC(Nc2nc(N)[nH]c(=O)c2S)O1. The minimum atomic E-state index is -0.351. The molecule has 2 rings (SSSR count). The molecule has 1 aliphatic heterocycles. The van der Waals surface area contributed by atoms with Crippen molar-refractivity contribution >= 4 is 24.4 Å². The summed E-state index contributed by atoms with van der Waals surface area (Å²) in [6.45, 7) is 2.13. The van der Waals surface area contributed by atoms with Crippen molar-refractivity contribution in [3.05, 3.63) is 10.4 Å². The molecule has 1 saturated heterocycles. The predicted molar refractivity (Wildman–Crippen MR) is 72.9 cm³/mol. The normalized spacial score (nSPS) is 23.2. The average molecular weight is 270 g/mol. The zero-order valence-electron chi connectivity index (χ0n) is 10.3. The summed E-state index contributed by atoms with van der Waals surface area (Å²) in [6, 6.07) is 0. The van der Waals surface area contributed by atoms with Crippen LogP contribution in [0.5, 0.6) is 0 Å². The first kappa shape index (κ1) is 13.2. The van der Waals surface area contributed by atoms with Gasteiger partial charge in [0, 0.05) is 0 Å². The molecule has 7 heteroatoms. The van der Waals surface area contributed by atoms with E-state index in [0.29, 0.717) is 5.82 Å². The third kappa shape index (κ3) is 2.97. The van der Waals surface area contributed by atoms with E-state index in [4.69, 9.17) is 10.5 Å². The van der Waals surface area contributed by atoms with Crippen molar-refractivity contribution in [2.75, 3.05) is 11.1 Å². The Bertz CT molecular complexity index is 477. The molecule has 2 unspecified atom stereocenters. The maximum Gasteiger partial charge on any atom is 0.267 e. The van der Waals surface area contributed by atoms with E-state index >= 15 is 0 Å². The van der Waals surface area contributed by atoms with Gasteiger partial charge in [0.2, 0.25) is 5.95 Å². The van der Waals surface area contributed by atoms with Crippen LogP contribution in [0.25, 0.3) is 0 Å². The second-order valence-electron chi connectivity index (χ2n) is 4.41. The number of nitrogen functional groups attached to an aromatic ring is 1. The highest BCUT2D eigenvalue weighted by molar-refractivity contribution is 7.80. The van der Waals surface area contributed by atoms with Crippen LogP contribution in [0.3, 0.4) is 0 Å². The average Bonchev–Trinajstić information content (AvgIpc) is 2.73. The first-order valence-corrected chi connectivity index (χ1v) is 6.55. The molecule has 2 heterocycles. The summed E-state index contributed by atoms with van der Waals surface area (Å²) in [6.07, 6.45) is 4.23. The number of aromatic amines is 1. The van der Waals surface area contributed by atoms with Gasteiger partial charge < -0.3 is 15.8 Å². The van der Waals surface area contributed by atoms with Crippen LogP contribution in [0.4, 0.5) is 11.8 Å². The Balaban J connectivity index is 2.05. The van der Waals surface area contributed by atoms with E-state index in [9.17, 15) is 4.79 Å². The summed E-state index contributed by atoms with van der Waals surface area (Å²) in [5.41, 5.74) is 5.15. The van der Waals surface area contributed by atoms with Crippen molar-refractivity contribution in [1.29, 1.82) is 0 Å². The van der Waals surface area contributed by atoms with Gasteiger partial charge in [0.15, 0.2) is 5.82 Å². The van der Waals surface area contributed by atoms with Crippen LogP contribution in [0.1, 0.15) is 32.6 Å². The molecule has 100 valence electrons. The maximum atomic E-state index is 11.5. The van der Waals surface area contributed by atoms with Crippen LogP contribution >= 0.6 is 12.6 Å². The van der Waals surface area contributed by atoms with Crippen molar-refractivity contribution in [1.82, 2.24) is 9.97 Å². The minimum absolute atomic E-state index is 0.0726. The largest absolute Gasteiger partial charge is 0.369 e. The highest BCUT2D eigenvalue weighted by Crippen LogP contribution is 2.25. The minimum Gasteiger partial charge on any atom is -0.369 e. The van der Waals surface area contributed by atoms with Gasteiger partial charge in [-0.1, -0.05) is 13.3 Å². The fourth-order valence-corrected chi connectivity index (χ4v) is 2.25. The smallest absolute Gasteiger partial charge is 0.267 e. The van der Waals surface area contributed by atoms with Gasteiger partial charge in [-0.25, -0.2) is 0 Å². The van der Waals surface area contributed by atoms with Gasteiger partial charge in [-0.05, 0) is 19.3 Å². The summed E-state index contributed by atoms with van der Waals surface area (Å²) in [5.74, 6) is 0.449. The number of H-pyrrole nitrogens is 1. The Labute approximate surface area is 111 Å². The summed E-state index contributed by atoms with van der Waals surface area (Å²) >= 11 is 4.12. The molecule has 0 aliphatic carbocycles. The van der Waals surface area contributed by atoms with Crippen molar-refractivity contribution < 1.29 is 4.74 Å². The monoisotopic (exact) mass is 270 g/mol. The van der Waals surface area contributed by atoms with Crippen LogP contribution in [-0.2, 0) is 4.74 Å². The van der Waals surface area contributed by atoms with E-state index < -0.39 is 0 Å². The number of nitrogens with one attached hydrogen (secondary N) is 2. The van der Waals surface area contributed by atoms with Crippen LogP contribution in [0.2, 0.25) is 0 Å². The molecule has 6 nitrogen and oxygen atoms in total. The molecule has 0 amide bonds. The number of thiol groups is 1. The van der Waals surface area contributed by atoms with Gasteiger partial charge in [-0.15, -0.1) is 12.6 Å². The van der Waals surface area contributed by atoms with Gasteiger partial charge in [0.05, 0.1) is 6.10 Å². The molecule has 2 atom stereocenters. The third-order valence-corrected chi connectivity index (χ3v) is 3.34. The van der Waals surface area contributed by atoms with Crippen molar-refractivity contribution in [3.63, 3.8) is 0 Å². The van der Waals surface area contributed by atoms with Gasteiger partial charge >= 0.3 is 0 Å². The molecule has 0 bridgehead atoms. The molecule has 18 heavy (non-hydrogen) atoms. The van der Waals surface area contributed by atoms with Crippen molar-refractivity contribution in [2.24, 2.45) is 0 Å². The topological polar surface area (TPSA) is 93.0 Å². The summed E-state index contributed by atoms with van der Waals surface area (Å²) < 4.78 is 5.80. The third-order valence-electron chi connectivity index (χ3n) is 2.93. The fourth-order valence-electron chi connectivity index (χ4n) is 2.08. The zero-order chi connectivity index (χ0) is 13.1. The Morgan fingerprint density at radius 2 is 2.39 bits per heavy atom. The number of aromatic nitrogens is 2. The van der Waals surface area contributed by atoms with Gasteiger partial charge in [-0.2, -0.15) is 4.98 Å². The number of anilines is 2. The Kier molecular flexibility index (Phi) is 4.13. The zero-order valence-corrected chi connectivity index (χ0v) is 11.2. The van der Waals surface area contributed by atoms with E-state index in [2.05, 4.69) is 34.8 Å². The van der Waals surface area contributed by atoms with Crippen LogP contribution in [0.15, 0.2) is 9.69 Å². The number of hydrogen-bond acceptors (Lipinski definition) is 6. The molecular formula is C11H18N4O2S. The number of nitrogens with zero attached hydrogens (tertiary/aromatic N) is 1. The fraction of sp³-hybridized carbons (Fsp3) is 0.636. The van der Waals surface area contributed by atoms with Crippen LogP contribution in [-0.4, -0.2) is 22.3 Å². The Morgan fingerprint density at radius 1 is 1.61 bits per heavy atom. The quantitative estimate of drug-likeness (QED) is 0.620. The molecule has 0 radical (unpaired) electrons. The van der Waals surface area contributed by atoms with Gasteiger partial charge in [-0.3, -0.25) is 9.78 Å². The molecule has 0 aromatic carbocycles. The van der Waals surface area contributed by atoms with Crippen molar-refractivity contribution in [2.45, 2.75) is 49.8 Å². The van der Waals surface area contributed by atoms with E-state index in [1.807, 2.05) is 0 Å². The van der Waals surface area contributed by atoms with Gasteiger partial charge in [0.25, 0.3) is 5.56 Å². The lowest BCUT2D eigenvalue weighted by Crippen LogP contribution is -2.24. The Hall–Kier alpha value is -1.21. The number of nitrogens with two attached hydrogens (primary N) is 1. The first-order chi connectivity index (χ1) is 8.60. The highest BCUT2D eigenvalue weighted by atomic mass is 32.1. The van der Waals surface area contributed by atoms with E-state index in [0.717, 1.165) is 25.7 Å². The number of hydrogen-bond donors (Lipinski definition) is 4. The van der Waals surface area contributed by atoms with Crippen LogP contribution in [0, 0.1) is 0 Å². The molecule has 4 N–H and O–H groups in total. The standard InChI is InChI=1S/C11H18N4O2S/c1-2-3-6-4-5-7(17-6)13-9-8(18)10(16)15-11(12)14-9/h6-7,18H,2-5H2,1H3,(H4,12,13,14,15,16). The molecule has 0 saturated carbocycles. The van der Waals surface area contributed by atoms with Crippen molar-refractivity contribution in [3.8, 4) is 0 Å². The lowest BCUT2D eigenvalue weighted by molar-refractivity contribution is 0.0550. The van der Waals surface area contributed by atoms with Gasteiger partial charge in [0.1, 0.15) is 11.1 Å². The number of ether oxygens (including phenoxy) is 1. The van der Waals surface area contributed by atoms with E-state index in [1.54, 1.807) is 0 Å². The summed E-state index contributed by atoms with van der Waals surface area (Å²) in [7, 11) is 0. The summed E-state index contributed by atoms with van der Waals surface area (Å²) in [4.78, 5) is 18.1. The second kappa shape index (κ2) is 5.62. The second-order valence-corrected chi connectivity index (χ2v) is 4.85. The molecule has 0 spiro atoms. The predicted octanol–water partition coefficient (Wildman–Crippen LogP) is 1.36. The summed E-state index contributed by atoms with van der Waals surface area (Å²) in [5, 5.41) is 3.07. The van der Waals surface area contributed by atoms with E-state index in [-0.39, 0.29) is 28.7 Å². The molecule has 1 aromatic rings. The lowest BCUT2D eigenvalue weighted by atomic mass is 10.1. The lowest BCUT2D eigenvalue weighted by Gasteiger charge is -2.16. The van der Waals surface area contributed by atoms with Crippen LogP contribution < -0.4 is 16.6 Å². The Morgan fingerprint density at radius 3 is 3.11 bits per heavy atom. The molecule has 1 aliphatic rings. The highest BCUT2D eigenvalue weighted by Gasteiger charge is 2.25. The molecule has 1 fully saturated rings.